The molecule has 6 nitrogen and oxygen atoms in total. The number of nitrogens with zero attached hydrogens (tertiary/aromatic N) is 3. The molecule has 0 atom stereocenters. The van der Waals surface area contributed by atoms with Crippen LogP contribution in [0.1, 0.15) is 21.7 Å². The smallest absolute Gasteiger partial charge is 0.263 e. The van der Waals surface area contributed by atoms with Crippen LogP contribution in [0.4, 0.5) is 5.82 Å². The highest BCUT2D eigenvalue weighted by molar-refractivity contribution is 6.05. The third-order valence-electron chi connectivity index (χ3n) is 4.32. The summed E-state index contributed by atoms with van der Waals surface area (Å²) in [6.45, 7) is 3.71. The van der Waals surface area contributed by atoms with E-state index < -0.39 is 5.91 Å². The van der Waals surface area contributed by atoms with Gasteiger partial charge in [-0.3, -0.25) is 14.3 Å². The van der Waals surface area contributed by atoms with Gasteiger partial charge < -0.3 is 9.88 Å². The number of hydrogen-bond donors (Lipinski definition) is 1. The second-order valence-corrected chi connectivity index (χ2v) is 6.01. The number of carbonyl (C=O) groups excluding carboxylic acids is 1. The zero-order valence-electron chi connectivity index (χ0n) is 14.7. The summed E-state index contributed by atoms with van der Waals surface area (Å²) in [5.41, 5.74) is 3.19. The molecule has 0 radical (unpaired) electrons. The number of hydrogen-bond acceptors (Lipinski definition) is 3. The van der Waals surface area contributed by atoms with E-state index in [2.05, 4.69) is 10.4 Å². The van der Waals surface area contributed by atoms with E-state index in [0.29, 0.717) is 5.82 Å². The third-order valence-corrected chi connectivity index (χ3v) is 4.32. The van der Waals surface area contributed by atoms with E-state index in [4.69, 9.17) is 0 Å². The zero-order chi connectivity index (χ0) is 18.1. The van der Waals surface area contributed by atoms with Crippen LogP contribution < -0.4 is 10.9 Å². The van der Waals surface area contributed by atoms with Gasteiger partial charge in [-0.2, -0.15) is 5.10 Å². The molecule has 0 spiro atoms. The van der Waals surface area contributed by atoms with Gasteiger partial charge in [-0.25, -0.2) is 0 Å². The summed E-state index contributed by atoms with van der Waals surface area (Å²) < 4.78 is 3.08. The monoisotopic (exact) mass is 336 g/mol. The topological polar surface area (TPSA) is 68.9 Å². The number of amides is 1. The average Bonchev–Trinajstić information content (AvgIpc) is 2.87. The van der Waals surface area contributed by atoms with Crippen LogP contribution in [0.2, 0.25) is 0 Å². The number of anilines is 1. The maximum atomic E-state index is 12.7. The molecule has 0 aliphatic carbocycles. The van der Waals surface area contributed by atoms with Gasteiger partial charge in [0.25, 0.3) is 11.5 Å². The van der Waals surface area contributed by atoms with Crippen LogP contribution in [0, 0.1) is 13.8 Å². The van der Waals surface area contributed by atoms with Crippen molar-refractivity contribution in [1.82, 2.24) is 14.3 Å². The van der Waals surface area contributed by atoms with Crippen molar-refractivity contribution < 1.29 is 4.79 Å². The molecule has 0 unspecified atom stereocenters. The summed E-state index contributed by atoms with van der Waals surface area (Å²) in [5, 5.41) is 7.26. The van der Waals surface area contributed by atoms with E-state index in [0.717, 1.165) is 22.5 Å². The zero-order valence-corrected chi connectivity index (χ0v) is 14.7. The van der Waals surface area contributed by atoms with E-state index >= 15 is 0 Å². The summed E-state index contributed by atoms with van der Waals surface area (Å²) in [7, 11) is 3.42. The molecule has 0 aliphatic rings. The molecule has 2 aromatic heterocycles. The second kappa shape index (κ2) is 6.39. The van der Waals surface area contributed by atoms with Crippen LogP contribution in [0.3, 0.4) is 0 Å². The largest absolute Gasteiger partial charge is 0.315 e. The number of carbonyl (C=O) groups is 1. The van der Waals surface area contributed by atoms with Gasteiger partial charge >= 0.3 is 0 Å². The van der Waals surface area contributed by atoms with Crippen LogP contribution >= 0.6 is 0 Å². The minimum Gasteiger partial charge on any atom is -0.315 e. The number of benzene rings is 1. The number of nitrogens with one attached hydrogen (secondary N) is 1. The predicted octanol–water partition coefficient (Wildman–Crippen LogP) is 2.65. The average molecular weight is 336 g/mol. The standard InChI is InChI=1S/C19H20N4O2/c1-12-10-11-15(19(25)22(12)3)18(24)20-17-16(13(2)21-23(17)4)14-8-6-5-7-9-14/h5-11H,1-4H3,(H,20,24). The Morgan fingerprint density at radius 2 is 1.72 bits per heavy atom. The Hall–Kier alpha value is -3.15. The minimum absolute atomic E-state index is 0.103. The molecule has 2 heterocycles. The Kier molecular flexibility index (Phi) is 4.27. The molecule has 128 valence electrons. The number of aromatic nitrogens is 3. The fourth-order valence-corrected chi connectivity index (χ4v) is 2.83. The van der Waals surface area contributed by atoms with Crippen LogP contribution in [0.15, 0.2) is 47.3 Å². The van der Waals surface area contributed by atoms with Gasteiger partial charge in [0.15, 0.2) is 0 Å². The molecule has 1 amide bonds. The van der Waals surface area contributed by atoms with Gasteiger partial charge in [-0.15, -0.1) is 0 Å². The van der Waals surface area contributed by atoms with Gasteiger partial charge in [0.1, 0.15) is 11.4 Å². The summed E-state index contributed by atoms with van der Waals surface area (Å²) in [5.74, 6) is 0.122. The van der Waals surface area contributed by atoms with Crippen molar-refractivity contribution in [2.45, 2.75) is 13.8 Å². The predicted molar refractivity (Wildman–Crippen MR) is 97.8 cm³/mol. The number of aryl methyl sites for hydroxylation is 3. The fourth-order valence-electron chi connectivity index (χ4n) is 2.83. The van der Waals surface area contributed by atoms with Crippen molar-refractivity contribution in [3.63, 3.8) is 0 Å². The van der Waals surface area contributed by atoms with E-state index in [1.54, 1.807) is 30.9 Å². The Labute approximate surface area is 145 Å². The first-order valence-corrected chi connectivity index (χ1v) is 7.97. The quantitative estimate of drug-likeness (QED) is 0.799. The minimum atomic E-state index is -0.444. The molecular formula is C19H20N4O2. The van der Waals surface area contributed by atoms with E-state index in [1.807, 2.05) is 44.2 Å². The number of pyridine rings is 1. The summed E-state index contributed by atoms with van der Waals surface area (Å²) >= 11 is 0. The molecule has 0 saturated heterocycles. The van der Waals surface area contributed by atoms with Crippen molar-refractivity contribution in [2.24, 2.45) is 14.1 Å². The molecule has 1 N–H and O–H groups in total. The molecule has 1 aromatic carbocycles. The molecule has 0 bridgehead atoms. The Morgan fingerprint density at radius 1 is 1.04 bits per heavy atom. The lowest BCUT2D eigenvalue weighted by Crippen LogP contribution is -2.29. The van der Waals surface area contributed by atoms with E-state index in [-0.39, 0.29) is 11.1 Å². The molecule has 3 aromatic rings. The SMILES string of the molecule is Cc1nn(C)c(NC(=O)c2ccc(C)n(C)c2=O)c1-c1ccccc1. The molecular weight excluding hydrogens is 316 g/mol. The molecule has 0 saturated carbocycles. The van der Waals surface area contributed by atoms with Gasteiger partial charge in [0, 0.05) is 25.4 Å². The van der Waals surface area contributed by atoms with E-state index in [9.17, 15) is 9.59 Å². The van der Waals surface area contributed by atoms with Gasteiger partial charge in [0.05, 0.1) is 5.69 Å². The van der Waals surface area contributed by atoms with Crippen LogP contribution in [-0.4, -0.2) is 20.3 Å². The third kappa shape index (κ3) is 2.98. The lowest BCUT2D eigenvalue weighted by Gasteiger charge is -2.10. The Bertz CT molecular complexity index is 1000. The maximum Gasteiger partial charge on any atom is 0.263 e. The van der Waals surface area contributed by atoms with Crippen molar-refractivity contribution in [2.75, 3.05) is 5.32 Å². The van der Waals surface area contributed by atoms with Crippen LogP contribution in [-0.2, 0) is 14.1 Å². The molecule has 0 fully saturated rings. The van der Waals surface area contributed by atoms with Crippen LogP contribution in [0.5, 0.6) is 0 Å². The lowest BCUT2D eigenvalue weighted by atomic mass is 10.1. The van der Waals surface area contributed by atoms with Gasteiger partial charge in [-0.05, 0) is 31.5 Å². The van der Waals surface area contributed by atoms with Crippen molar-refractivity contribution in [3.8, 4) is 11.1 Å². The van der Waals surface area contributed by atoms with Gasteiger partial charge in [-0.1, -0.05) is 30.3 Å². The van der Waals surface area contributed by atoms with Gasteiger partial charge in [0.2, 0.25) is 0 Å². The van der Waals surface area contributed by atoms with E-state index in [1.165, 1.54) is 4.57 Å². The highest BCUT2D eigenvalue weighted by atomic mass is 16.2. The first kappa shape index (κ1) is 16.7. The molecule has 6 heteroatoms. The Morgan fingerprint density at radius 3 is 2.40 bits per heavy atom. The maximum absolute atomic E-state index is 12.7. The van der Waals surface area contributed by atoms with Crippen molar-refractivity contribution in [1.29, 1.82) is 0 Å². The molecule has 3 rings (SSSR count). The molecule has 0 aliphatic heterocycles. The summed E-state index contributed by atoms with van der Waals surface area (Å²) in [6, 6.07) is 13.0. The lowest BCUT2D eigenvalue weighted by molar-refractivity contribution is 0.102. The summed E-state index contributed by atoms with van der Waals surface area (Å²) in [4.78, 5) is 25.0. The summed E-state index contributed by atoms with van der Waals surface area (Å²) in [6.07, 6.45) is 0. The van der Waals surface area contributed by atoms with Crippen molar-refractivity contribution >= 4 is 11.7 Å². The highest BCUT2D eigenvalue weighted by Crippen LogP contribution is 2.30. The highest BCUT2D eigenvalue weighted by Gasteiger charge is 2.19. The molecule has 25 heavy (non-hydrogen) atoms. The number of rotatable bonds is 3. The van der Waals surface area contributed by atoms with Crippen molar-refractivity contribution in [3.05, 3.63) is 69.8 Å². The normalized spacial score (nSPS) is 10.7. The first-order valence-electron chi connectivity index (χ1n) is 7.97. The first-order chi connectivity index (χ1) is 11.9. The van der Waals surface area contributed by atoms with Crippen LogP contribution in [0.25, 0.3) is 11.1 Å². The Balaban J connectivity index is 2.04. The fraction of sp³-hybridized carbons (Fsp3) is 0.211. The second-order valence-electron chi connectivity index (χ2n) is 6.01.